The van der Waals surface area contributed by atoms with Gasteiger partial charge in [0.15, 0.2) is 23.2 Å². The van der Waals surface area contributed by atoms with E-state index in [0.29, 0.717) is 23.2 Å². The van der Waals surface area contributed by atoms with E-state index in [0.717, 1.165) is 28.8 Å². The summed E-state index contributed by atoms with van der Waals surface area (Å²) in [6, 6.07) is 12.9. The van der Waals surface area contributed by atoms with E-state index in [1.807, 2.05) is 30.3 Å². The Morgan fingerprint density at radius 2 is 1.96 bits per heavy atom. The van der Waals surface area contributed by atoms with Crippen LogP contribution in [0.1, 0.15) is 19.8 Å². The number of rotatable bonds is 9. The smallest absolute Gasteiger partial charge is 0.264 e. The van der Waals surface area contributed by atoms with E-state index in [2.05, 4.69) is 17.2 Å². The molecule has 0 aliphatic rings. The van der Waals surface area contributed by atoms with Crippen LogP contribution in [0.4, 0.5) is 5.13 Å². The predicted octanol–water partition coefficient (Wildman–Crippen LogP) is 4.50. The third kappa shape index (κ3) is 5.10. The first-order valence-corrected chi connectivity index (χ1v) is 9.60. The monoisotopic (exact) mass is 386 g/mol. The zero-order chi connectivity index (χ0) is 19.1. The average molecular weight is 386 g/mol. The van der Waals surface area contributed by atoms with Gasteiger partial charge in [0, 0.05) is 0 Å². The van der Waals surface area contributed by atoms with Crippen LogP contribution >= 0.6 is 11.3 Å². The van der Waals surface area contributed by atoms with E-state index >= 15 is 0 Å². The summed E-state index contributed by atoms with van der Waals surface area (Å²) < 4.78 is 17.4. The lowest BCUT2D eigenvalue weighted by Gasteiger charge is -2.09. The standard InChI is InChI=1S/C20H22N2O4S/c1-3-4-11-25-14-9-10-15-18(12-14)27-20(21-15)22-19(23)13-26-17-8-6-5-7-16(17)24-2/h5-10,12H,3-4,11,13H2,1-2H3,(H,21,22,23). The van der Waals surface area contributed by atoms with Crippen molar-refractivity contribution in [3.8, 4) is 17.2 Å². The molecule has 0 unspecified atom stereocenters. The number of carbonyl (C=O) groups excluding carboxylic acids is 1. The molecule has 0 aliphatic heterocycles. The average Bonchev–Trinajstić information content (AvgIpc) is 3.08. The van der Waals surface area contributed by atoms with Gasteiger partial charge in [0.05, 0.1) is 23.9 Å². The van der Waals surface area contributed by atoms with Gasteiger partial charge in [0.1, 0.15) is 5.75 Å². The summed E-state index contributed by atoms with van der Waals surface area (Å²) >= 11 is 1.41. The topological polar surface area (TPSA) is 69.7 Å². The highest BCUT2D eigenvalue weighted by molar-refractivity contribution is 7.22. The number of thiazole rings is 1. The summed E-state index contributed by atoms with van der Waals surface area (Å²) in [5, 5.41) is 3.30. The van der Waals surface area contributed by atoms with E-state index in [1.54, 1.807) is 19.2 Å². The fourth-order valence-corrected chi connectivity index (χ4v) is 3.33. The van der Waals surface area contributed by atoms with Gasteiger partial charge >= 0.3 is 0 Å². The summed E-state index contributed by atoms with van der Waals surface area (Å²) in [5.74, 6) is 1.64. The Hall–Kier alpha value is -2.80. The number of hydrogen-bond acceptors (Lipinski definition) is 6. The van der Waals surface area contributed by atoms with Gasteiger partial charge in [-0.3, -0.25) is 10.1 Å². The Morgan fingerprint density at radius 1 is 1.15 bits per heavy atom. The van der Waals surface area contributed by atoms with Crippen LogP contribution in [0.15, 0.2) is 42.5 Å². The highest BCUT2D eigenvalue weighted by atomic mass is 32.1. The number of para-hydroxylation sites is 2. The van der Waals surface area contributed by atoms with Crippen LogP contribution in [0.5, 0.6) is 17.2 Å². The minimum absolute atomic E-state index is 0.123. The van der Waals surface area contributed by atoms with E-state index in [4.69, 9.17) is 14.2 Å². The zero-order valence-electron chi connectivity index (χ0n) is 15.4. The van der Waals surface area contributed by atoms with Crippen molar-refractivity contribution in [3.05, 3.63) is 42.5 Å². The molecule has 0 bridgehead atoms. The number of fused-ring (bicyclic) bond motifs is 1. The maximum Gasteiger partial charge on any atom is 0.264 e. The first-order valence-electron chi connectivity index (χ1n) is 8.78. The third-order valence-corrected chi connectivity index (χ3v) is 4.73. The van der Waals surface area contributed by atoms with Gasteiger partial charge in [-0.05, 0) is 36.8 Å². The van der Waals surface area contributed by atoms with Gasteiger partial charge in [-0.25, -0.2) is 4.98 Å². The van der Waals surface area contributed by atoms with Gasteiger partial charge in [0.2, 0.25) is 0 Å². The van der Waals surface area contributed by atoms with Crippen molar-refractivity contribution in [1.82, 2.24) is 4.98 Å². The van der Waals surface area contributed by atoms with Gasteiger partial charge in [0.25, 0.3) is 5.91 Å². The van der Waals surface area contributed by atoms with Gasteiger partial charge in [-0.2, -0.15) is 0 Å². The first-order chi connectivity index (χ1) is 13.2. The van der Waals surface area contributed by atoms with Crippen LogP contribution in [0.3, 0.4) is 0 Å². The molecule has 0 fully saturated rings. The van der Waals surface area contributed by atoms with Crippen molar-refractivity contribution >= 4 is 32.6 Å². The Labute approximate surface area is 162 Å². The highest BCUT2D eigenvalue weighted by Crippen LogP contribution is 2.29. The van der Waals surface area contributed by atoms with Gasteiger partial charge in [-0.1, -0.05) is 36.8 Å². The number of aromatic nitrogens is 1. The summed E-state index contributed by atoms with van der Waals surface area (Å²) in [5.41, 5.74) is 0.823. The van der Waals surface area contributed by atoms with E-state index in [9.17, 15) is 4.79 Å². The molecule has 3 aromatic rings. The number of unbranched alkanes of at least 4 members (excludes halogenated alkanes) is 1. The summed E-state index contributed by atoms with van der Waals surface area (Å²) in [6.45, 7) is 2.70. The molecule has 142 valence electrons. The van der Waals surface area contributed by atoms with Crippen molar-refractivity contribution < 1.29 is 19.0 Å². The predicted molar refractivity (Wildman–Crippen MR) is 107 cm³/mol. The number of amides is 1. The largest absolute Gasteiger partial charge is 0.494 e. The molecule has 27 heavy (non-hydrogen) atoms. The molecule has 0 saturated heterocycles. The number of benzene rings is 2. The number of methoxy groups -OCH3 is 1. The molecule has 6 nitrogen and oxygen atoms in total. The minimum atomic E-state index is -0.278. The van der Waals surface area contributed by atoms with Crippen LogP contribution in [-0.4, -0.2) is 31.2 Å². The van der Waals surface area contributed by atoms with Crippen molar-refractivity contribution in [2.45, 2.75) is 19.8 Å². The Bertz CT molecular complexity index is 910. The quantitative estimate of drug-likeness (QED) is 0.548. The molecule has 1 amide bonds. The lowest BCUT2D eigenvalue weighted by atomic mass is 10.3. The highest BCUT2D eigenvalue weighted by Gasteiger charge is 2.11. The second kappa shape index (κ2) is 9.23. The first kappa shape index (κ1) is 19.0. The van der Waals surface area contributed by atoms with Crippen LogP contribution in [-0.2, 0) is 4.79 Å². The number of carbonyl (C=O) groups is 1. The molecule has 1 aromatic heterocycles. The maximum absolute atomic E-state index is 12.2. The number of anilines is 1. The third-order valence-electron chi connectivity index (χ3n) is 3.80. The normalized spacial score (nSPS) is 10.6. The lowest BCUT2D eigenvalue weighted by Crippen LogP contribution is -2.20. The molecule has 0 atom stereocenters. The van der Waals surface area contributed by atoms with Crippen LogP contribution in [0.2, 0.25) is 0 Å². The molecule has 0 aliphatic carbocycles. The Morgan fingerprint density at radius 3 is 2.74 bits per heavy atom. The molecule has 2 aromatic carbocycles. The summed E-state index contributed by atoms with van der Waals surface area (Å²) in [6.07, 6.45) is 2.12. The van der Waals surface area contributed by atoms with Crippen molar-refractivity contribution in [3.63, 3.8) is 0 Å². The molecule has 1 heterocycles. The van der Waals surface area contributed by atoms with Crippen LogP contribution in [0, 0.1) is 0 Å². The maximum atomic E-state index is 12.2. The van der Waals surface area contributed by atoms with E-state index in [-0.39, 0.29) is 12.5 Å². The molecular formula is C20H22N2O4S. The molecular weight excluding hydrogens is 364 g/mol. The van der Waals surface area contributed by atoms with Gasteiger partial charge < -0.3 is 14.2 Å². The molecule has 0 saturated carbocycles. The molecule has 0 radical (unpaired) electrons. The van der Waals surface area contributed by atoms with Crippen LogP contribution in [0.25, 0.3) is 10.2 Å². The molecule has 3 rings (SSSR count). The fourth-order valence-electron chi connectivity index (χ4n) is 2.42. The summed E-state index contributed by atoms with van der Waals surface area (Å²) in [4.78, 5) is 16.6. The Kier molecular flexibility index (Phi) is 6.49. The number of hydrogen-bond donors (Lipinski definition) is 1. The summed E-state index contributed by atoms with van der Waals surface area (Å²) in [7, 11) is 1.56. The van der Waals surface area contributed by atoms with Crippen molar-refractivity contribution in [2.24, 2.45) is 0 Å². The molecule has 0 spiro atoms. The second-order valence-electron chi connectivity index (χ2n) is 5.84. The SMILES string of the molecule is CCCCOc1ccc2nc(NC(=O)COc3ccccc3OC)sc2c1. The van der Waals surface area contributed by atoms with Gasteiger partial charge in [-0.15, -0.1) is 0 Å². The van der Waals surface area contributed by atoms with Crippen molar-refractivity contribution in [1.29, 1.82) is 0 Å². The van der Waals surface area contributed by atoms with E-state index < -0.39 is 0 Å². The Balaban J connectivity index is 1.59. The second-order valence-corrected chi connectivity index (χ2v) is 6.87. The minimum Gasteiger partial charge on any atom is -0.494 e. The fraction of sp³-hybridized carbons (Fsp3) is 0.300. The number of ether oxygens (including phenoxy) is 3. The lowest BCUT2D eigenvalue weighted by molar-refractivity contribution is -0.118. The van der Waals surface area contributed by atoms with E-state index in [1.165, 1.54) is 11.3 Å². The number of nitrogens with one attached hydrogen (secondary N) is 1. The number of nitrogens with zero attached hydrogens (tertiary/aromatic N) is 1. The molecule has 7 heteroatoms. The van der Waals surface area contributed by atoms with Crippen molar-refractivity contribution in [2.75, 3.05) is 25.6 Å². The zero-order valence-corrected chi connectivity index (χ0v) is 16.2. The van der Waals surface area contributed by atoms with Crippen LogP contribution < -0.4 is 19.5 Å². The molecule has 1 N–H and O–H groups in total.